The highest BCUT2D eigenvalue weighted by molar-refractivity contribution is 5.98. The van der Waals surface area contributed by atoms with Crippen molar-refractivity contribution in [3.05, 3.63) is 11.8 Å². The Kier molecular flexibility index (Phi) is 4.72. The second-order valence-electron chi connectivity index (χ2n) is 2.03. The highest BCUT2D eigenvalue weighted by Crippen LogP contribution is 1.88. The number of nitriles is 1. The first-order valence-corrected chi connectivity index (χ1v) is 3.39. The zero-order valence-electron chi connectivity index (χ0n) is 7.00. The molecule has 0 aromatic rings. The number of nitrogens with one attached hydrogen (secondary N) is 2. The number of carboxylic acid groups (broad SMARTS) is 1. The molecule has 0 atom stereocenters. The fraction of sp³-hybridized carbons (Fsp3) is 0.286. The van der Waals surface area contributed by atoms with Gasteiger partial charge in [-0.2, -0.15) is 5.26 Å². The lowest BCUT2D eigenvalue weighted by Crippen LogP contribution is -2.30. The summed E-state index contributed by atoms with van der Waals surface area (Å²) >= 11 is 0. The van der Waals surface area contributed by atoms with Crippen LogP contribution in [-0.4, -0.2) is 30.6 Å². The highest BCUT2D eigenvalue weighted by atomic mass is 16.4. The van der Waals surface area contributed by atoms with E-state index in [1.807, 2.05) is 5.32 Å². The first-order valence-electron chi connectivity index (χ1n) is 3.39. The molecule has 13 heavy (non-hydrogen) atoms. The monoisotopic (exact) mass is 183 g/mol. The Morgan fingerprint density at radius 3 is 2.62 bits per heavy atom. The molecule has 0 aromatic carbocycles. The van der Waals surface area contributed by atoms with Crippen molar-refractivity contribution in [3.8, 4) is 6.07 Å². The molecular formula is C7H9N3O3. The van der Waals surface area contributed by atoms with Crippen molar-refractivity contribution in [2.75, 3.05) is 13.6 Å². The molecule has 70 valence electrons. The second kappa shape index (κ2) is 5.60. The van der Waals surface area contributed by atoms with E-state index in [0.29, 0.717) is 0 Å². The van der Waals surface area contributed by atoms with Crippen LogP contribution < -0.4 is 10.6 Å². The summed E-state index contributed by atoms with van der Waals surface area (Å²) in [5.74, 6) is -1.87. The van der Waals surface area contributed by atoms with Crippen molar-refractivity contribution in [2.45, 2.75) is 0 Å². The third-order valence-electron chi connectivity index (χ3n) is 1.05. The number of carbonyl (C=O) groups excluding carboxylic acids is 1. The quantitative estimate of drug-likeness (QED) is 0.376. The molecule has 1 amide bonds. The lowest BCUT2D eigenvalue weighted by molar-refractivity contribution is -0.137. The Bertz CT molecular complexity index is 277. The molecule has 0 spiro atoms. The predicted molar refractivity (Wildman–Crippen MR) is 43.4 cm³/mol. The standard InChI is InChI=1S/C7H9N3O3/c1-9-3-5(2-8)7(13)10-4-6(11)12/h3,9H,4H2,1H3,(H,10,13)(H,11,12)/b5-3-. The molecule has 0 aliphatic carbocycles. The van der Waals surface area contributed by atoms with E-state index in [1.54, 1.807) is 6.07 Å². The lowest BCUT2D eigenvalue weighted by atomic mass is 10.3. The SMILES string of the molecule is CN/C=C(/C#N)C(=O)NCC(=O)O. The average molecular weight is 183 g/mol. The van der Waals surface area contributed by atoms with Gasteiger partial charge in [0.2, 0.25) is 0 Å². The van der Waals surface area contributed by atoms with Crippen LogP contribution >= 0.6 is 0 Å². The molecule has 0 bridgehead atoms. The molecule has 6 nitrogen and oxygen atoms in total. The van der Waals surface area contributed by atoms with Crippen LogP contribution in [-0.2, 0) is 9.59 Å². The van der Waals surface area contributed by atoms with Crippen LogP contribution in [0.15, 0.2) is 11.8 Å². The normalized spacial score (nSPS) is 10.0. The van der Waals surface area contributed by atoms with E-state index in [0.717, 1.165) is 0 Å². The van der Waals surface area contributed by atoms with Crippen LogP contribution in [0, 0.1) is 11.3 Å². The molecular weight excluding hydrogens is 174 g/mol. The number of carboxylic acids is 1. The van der Waals surface area contributed by atoms with Gasteiger partial charge in [-0.15, -0.1) is 0 Å². The van der Waals surface area contributed by atoms with Crippen LogP contribution in [0.1, 0.15) is 0 Å². The van der Waals surface area contributed by atoms with Gasteiger partial charge >= 0.3 is 5.97 Å². The third kappa shape index (κ3) is 4.42. The fourth-order valence-corrected chi connectivity index (χ4v) is 0.544. The number of rotatable bonds is 4. The Hall–Kier alpha value is -2.03. The Balaban J connectivity index is 4.18. The largest absolute Gasteiger partial charge is 0.480 e. The summed E-state index contributed by atoms with van der Waals surface area (Å²) in [5.41, 5.74) is -0.163. The minimum Gasteiger partial charge on any atom is -0.480 e. The molecule has 6 heteroatoms. The molecule has 0 radical (unpaired) electrons. The van der Waals surface area contributed by atoms with Crippen molar-refractivity contribution in [1.29, 1.82) is 5.26 Å². The fourth-order valence-electron chi connectivity index (χ4n) is 0.544. The summed E-state index contributed by atoms with van der Waals surface area (Å²) in [4.78, 5) is 21.0. The number of carbonyl (C=O) groups is 2. The second-order valence-corrected chi connectivity index (χ2v) is 2.03. The van der Waals surface area contributed by atoms with E-state index in [1.165, 1.54) is 13.2 Å². The summed E-state index contributed by atoms with van der Waals surface area (Å²) in [5, 5.41) is 21.2. The first kappa shape index (κ1) is 11.0. The van der Waals surface area contributed by atoms with Gasteiger partial charge < -0.3 is 15.7 Å². The average Bonchev–Trinajstić information content (AvgIpc) is 2.10. The minimum absolute atomic E-state index is 0.163. The maximum atomic E-state index is 11.0. The van der Waals surface area contributed by atoms with Gasteiger partial charge in [0.25, 0.3) is 5.91 Å². The maximum Gasteiger partial charge on any atom is 0.322 e. The zero-order valence-corrected chi connectivity index (χ0v) is 7.00. The van der Waals surface area contributed by atoms with Crippen LogP contribution in [0.5, 0.6) is 0 Å². The summed E-state index contributed by atoms with van der Waals surface area (Å²) in [6.45, 7) is -0.498. The maximum absolute atomic E-state index is 11.0. The minimum atomic E-state index is -1.16. The van der Waals surface area contributed by atoms with Crippen LogP contribution in [0.3, 0.4) is 0 Å². The molecule has 0 heterocycles. The summed E-state index contributed by atoms with van der Waals surface area (Å²) in [6.07, 6.45) is 1.19. The lowest BCUT2D eigenvalue weighted by Gasteiger charge is -1.99. The topological polar surface area (TPSA) is 102 Å². The third-order valence-corrected chi connectivity index (χ3v) is 1.05. The van der Waals surface area contributed by atoms with Gasteiger partial charge in [0.1, 0.15) is 18.2 Å². The van der Waals surface area contributed by atoms with E-state index in [9.17, 15) is 9.59 Å². The Labute approximate surface area is 74.8 Å². The number of nitrogens with zero attached hydrogens (tertiary/aromatic N) is 1. The Morgan fingerprint density at radius 2 is 2.23 bits per heavy atom. The van der Waals surface area contributed by atoms with Gasteiger partial charge in [-0.25, -0.2) is 0 Å². The van der Waals surface area contributed by atoms with Crippen LogP contribution in [0.4, 0.5) is 0 Å². The molecule has 0 aliphatic heterocycles. The van der Waals surface area contributed by atoms with Gasteiger partial charge in [-0.3, -0.25) is 9.59 Å². The predicted octanol–water partition coefficient (Wildman–Crippen LogP) is -1.19. The number of amides is 1. The van der Waals surface area contributed by atoms with Gasteiger partial charge in [0.15, 0.2) is 0 Å². The molecule has 0 aromatic heterocycles. The van der Waals surface area contributed by atoms with Gasteiger partial charge in [-0.05, 0) is 0 Å². The van der Waals surface area contributed by atoms with Crippen molar-refractivity contribution < 1.29 is 14.7 Å². The van der Waals surface area contributed by atoms with Crippen molar-refractivity contribution in [1.82, 2.24) is 10.6 Å². The van der Waals surface area contributed by atoms with Gasteiger partial charge in [0, 0.05) is 13.2 Å². The molecule has 3 N–H and O–H groups in total. The highest BCUT2D eigenvalue weighted by Gasteiger charge is 2.08. The van der Waals surface area contributed by atoms with E-state index >= 15 is 0 Å². The van der Waals surface area contributed by atoms with E-state index in [-0.39, 0.29) is 5.57 Å². The number of hydrogen-bond acceptors (Lipinski definition) is 4. The van der Waals surface area contributed by atoms with Crippen molar-refractivity contribution in [2.24, 2.45) is 0 Å². The van der Waals surface area contributed by atoms with E-state index in [4.69, 9.17) is 10.4 Å². The number of aliphatic carboxylic acids is 1. The van der Waals surface area contributed by atoms with Gasteiger partial charge in [0.05, 0.1) is 0 Å². The van der Waals surface area contributed by atoms with Crippen molar-refractivity contribution >= 4 is 11.9 Å². The first-order chi connectivity index (χ1) is 6.11. The molecule has 0 saturated carbocycles. The molecule has 0 rings (SSSR count). The van der Waals surface area contributed by atoms with E-state index in [2.05, 4.69) is 5.32 Å². The molecule has 0 unspecified atom stereocenters. The Morgan fingerprint density at radius 1 is 1.62 bits per heavy atom. The van der Waals surface area contributed by atoms with Crippen LogP contribution in [0.25, 0.3) is 0 Å². The zero-order chi connectivity index (χ0) is 10.3. The summed E-state index contributed by atoms with van der Waals surface area (Å²) < 4.78 is 0. The number of hydrogen-bond donors (Lipinski definition) is 3. The van der Waals surface area contributed by atoms with Crippen molar-refractivity contribution in [3.63, 3.8) is 0 Å². The van der Waals surface area contributed by atoms with E-state index < -0.39 is 18.4 Å². The molecule has 0 aliphatic rings. The molecule has 0 saturated heterocycles. The van der Waals surface area contributed by atoms with Gasteiger partial charge in [-0.1, -0.05) is 0 Å². The summed E-state index contributed by atoms with van der Waals surface area (Å²) in [6, 6.07) is 1.62. The summed E-state index contributed by atoms with van der Waals surface area (Å²) in [7, 11) is 1.53. The smallest absolute Gasteiger partial charge is 0.322 e. The molecule has 0 fully saturated rings. The van der Waals surface area contributed by atoms with Crippen LogP contribution in [0.2, 0.25) is 0 Å².